The first kappa shape index (κ1) is 15.0. The molecule has 0 bridgehead atoms. The van der Waals surface area contributed by atoms with Gasteiger partial charge >= 0.3 is 0 Å². The number of aryl methyl sites for hydroxylation is 2. The van der Waals surface area contributed by atoms with Gasteiger partial charge in [0.1, 0.15) is 6.17 Å². The summed E-state index contributed by atoms with van der Waals surface area (Å²) >= 11 is 0. The number of rotatable bonds is 5. The molecule has 1 amide bonds. The minimum Gasteiger partial charge on any atom is -0.380 e. The maximum Gasteiger partial charge on any atom is 0.238 e. The van der Waals surface area contributed by atoms with Crippen LogP contribution in [0.4, 0.5) is 0 Å². The molecule has 2 unspecified atom stereocenters. The zero-order valence-corrected chi connectivity index (χ0v) is 12.8. The molecule has 0 saturated carbocycles. The molecule has 1 aromatic rings. The number of nitrogens with zero attached hydrogens (tertiary/aromatic N) is 1. The molecule has 20 heavy (non-hydrogen) atoms. The molecule has 4 heteroatoms. The van der Waals surface area contributed by atoms with Crippen LogP contribution < -0.4 is 5.32 Å². The summed E-state index contributed by atoms with van der Waals surface area (Å²) in [6.07, 6.45) is -0.0430. The maximum atomic E-state index is 12.1. The van der Waals surface area contributed by atoms with E-state index in [9.17, 15) is 4.79 Å². The van der Waals surface area contributed by atoms with Crippen molar-refractivity contribution in [2.45, 2.75) is 39.9 Å². The molecule has 1 aliphatic heterocycles. The van der Waals surface area contributed by atoms with Crippen molar-refractivity contribution in [2.75, 3.05) is 19.8 Å². The SMILES string of the molecule is CCOCC(C)N1C(=O)CNC1c1ccc(C)cc1C. The van der Waals surface area contributed by atoms with Crippen LogP contribution in [-0.2, 0) is 9.53 Å². The van der Waals surface area contributed by atoms with E-state index in [4.69, 9.17) is 4.74 Å². The fourth-order valence-corrected chi connectivity index (χ4v) is 2.78. The standard InChI is InChI=1S/C16H24N2O2/c1-5-20-10-13(4)18-15(19)9-17-16(18)14-7-6-11(2)8-12(14)3/h6-8,13,16-17H,5,9-10H2,1-4H3. The van der Waals surface area contributed by atoms with Crippen molar-refractivity contribution >= 4 is 5.91 Å². The third-order valence-electron chi connectivity index (χ3n) is 3.77. The van der Waals surface area contributed by atoms with Crippen molar-refractivity contribution in [1.82, 2.24) is 10.2 Å². The van der Waals surface area contributed by atoms with Crippen molar-refractivity contribution in [3.05, 3.63) is 34.9 Å². The normalized spacial score (nSPS) is 20.5. The lowest BCUT2D eigenvalue weighted by Crippen LogP contribution is -2.40. The number of carbonyl (C=O) groups excluding carboxylic acids is 1. The summed E-state index contributed by atoms with van der Waals surface area (Å²) in [5.41, 5.74) is 3.63. The average Bonchev–Trinajstić information content (AvgIpc) is 2.78. The minimum absolute atomic E-state index is 0.0430. The summed E-state index contributed by atoms with van der Waals surface area (Å²) in [6, 6.07) is 6.44. The fourth-order valence-electron chi connectivity index (χ4n) is 2.78. The zero-order valence-electron chi connectivity index (χ0n) is 12.8. The van der Waals surface area contributed by atoms with Crippen LogP contribution in [0.1, 0.15) is 36.7 Å². The first-order valence-corrected chi connectivity index (χ1v) is 7.24. The van der Waals surface area contributed by atoms with E-state index in [-0.39, 0.29) is 18.1 Å². The number of benzene rings is 1. The second-order valence-electron chi connectivity index (χ2n) is 5.45. The lowest BCUT2D eigenvalue weighted by Gasteiger charge is -2.31. The smallest absolute Gasteiger partial charge is 0.238 e. The molecule has 0 radical (unpaired) electrons. The van der Waals surface area contributed by atoms with Gasteiger partial charge in [-0.2, -0.15) is 0 Å². The summed E-state index contributed by atoms with van der Waals surface area (Å²) in [7, 11) is 0. The van der Waals surface area contributed by atoms with Crippen LogP contribution in [-0.4, -0.2) is 36.6 Å². The first-order valence-electron chi connectivity index (χ1n) is 7.24. The van der Waals surface area contributed by atoms with E-state index < -0.39 is 0 Å². The Kier molecular flexibility index (Phi) is 4.78. The second kappa shape index (κ2) is 6.37. The average molecular weight is 276 g/mol. The quantitative estimate of drug-likeness (QED) is 0.896. The highest BCUT2D eigenvalue weighted by Crippen LogP contribution is 2.27. The topological polar surface area (TPSA) is 41.6 Å². The lowest BCUT2D eigenvalue weighted by atomic mass is 10.0. The molecule has 1 aliphatic rings. The highest BCUT2D eigenvalue weighted by Gasteiger charge is 2.35. The Morgan fingerprint density at radius 1 is 1.45 bits per heavy atom. The number of amides is 1. The molecule has 1 N–H and O–H groups in total. The molecule has 1 saturated heterocycles. The van der Waals surface area contributed by atoms with Gasteiger partial charge in [0.25, 0.3) is 0 Å². The van der Waals surface area contributed by atoms with Crippen LogP contribution in [0.2, 0.25) is 0 Å². The molecule has 0 aliphatic carbocycles. The van der Waals surface area contributed by atoms with Crippen LogP contribution >= 0.6 is 0 Å². The van der Waals surface area contributed by atoms with Gasteiger partial charge in [-0.3, -0.25) is 10.1 Å². The Labute approximate surface area is 121 Å². The van der Waals surface area contributed by atoms with Crippen molar-refractivity contribution in [3.63, 3.8) is 0 Å². The second-order valence-corrected chi connectivity index (χ2v) is 5.45. The molecule has 1 heterocycles. The summed E-state index contributed by atoms with van der Waals surface area (Å²) in [6.45, 7) is 9.83. The monoisotopic (exact) mass is 276 g/mol. The highest BCUT2D eigenvalue weighted by atomic mass is 16.5. The van der Waals surface area contributed by atoms with E-state index in [2.05, 4.69) is 37.4 Å². The van der Waals surface area contributed by atoms with E-state index in [1.54, 1.807) is 0 Å². The van der Waals surface area contributed by atoms with Crippen molar-refractivity contribution < 1.29 is 9.53 Å². The Hall–Kier alpha value is -1.39. The molecule has 4 nitrogen and oxygen atoms in total. The summed E-state index contributed by atoms with van der Waals surface area (Å²) in [5, 5.41) is 3.31. The predicted molar refractivity (Wildman–Crippen MR) is 79.5 cm³/mol. The highest BCUT2D eigenvalue weighted by molar-refractivity contribution is 5.81. The van der Waals surface area contributed by atoms with E-state index in [1.165, 1.54) is 16.7 Å². The van der Waals surface area contributed by atoms with Gasteiger partial charge in [0.15, 0.2) is 0 Å². The minimum atomic E-state index is -0.0430. The maximum absolute atomic E-state index is 12.1. The molecule has 0 aromatic heterocycles. The Balaban J connectivity index is 2.23. The molecule has 2 rings (SSSR count). The molecule has 1 fully saturated rings. The van der Waals surface area contributed by atoms with Crippen molar-refractivity contribution in [2.24, 2.45) is 0 Å². The molecule has 0 spiro atoms. The van der Waals surface area contributed by atoms with Crippen LogP contribution in [0, 0.1) is 13.8 Å². The van der Waals surface area contributed by atoms with Gasteiger partial charge in [-0.1, -0.05) is 23.8 Å². The van der Waals surface area contributed by atoms with Gasteiger partial charge in [-0.05, 0) is 38.8 Å². The number of carbonyl (C=O) groups is 1. The number of hydrogen-bond donors (Lipinski definition) is 1. The summed E-state index contributed by atoms with van der Waals surface area (Å²) in [4.78, 5) is 14.1. The van der Waals surface area contributed by atoms with E-state index in [0.717, 1.165) is 0 Å². The predicted octanol–water partition coefficient (Wildman–Crippen LogP) is 2.16. The van der Waals surface area contributed by atoms with Crippen LogP contribution in [0.5, 0.6) is 0 Å². The van der Waals surface area contributed by atoms with Crippen LogP contribution in [0.15, 0.2) is 18.2 Å². The van der Waals surface area contributed by atoms with E-state index >= 15 is 0 Å². The Morgan fingerprint density at radius 3 is 2.85 bits per heavy atom. The van der Waals surface area contributed by atoms with Crippen molar-refractivity contribution in [1.29, 1.82) is 0 Å². The first-order chi connectivity index (χ1) is 9.54. The van der Waals surface area contributed by atoms with Gasteiger partial charge in [0.05, 0.1) is 19.2 Å². The fraction of sp³-hybridized carbons (Fsp3) is 0.562. The van der Waals surface area contributed by atoms with Crippen LogP contribution in [0.3, 0.4) is 0 Å². The van der Waals surface area contributed by atoms with E-state index in [1.807, 2.05) is 18.7 Å². The number of ether oxygens (including phenoxy) is 1. The largest absolute Gasteiger partial charge is 0.380 e. The summed E-state index contributed by atoms with van der Waals surface area (Å²) in [5.74, 6) is 0.141. The Bertz CT molecular complexity index is 487. The molecular formula is C16H24N2O2. The Morgan fingerprint density at radius 2 is 2.20 bits per heavy atom. The van der Waals surface area contributed by atoms with E-state index in [0.29, 0.717) is 19.8 Å². The lowest BCUT2D eigenvalue weighted by molar-refractivity contribution is -0.131. The molecule has 1 aromatic carbocycles. The zero-order chi connectivity index (χ0) is 14.7. The number of hydrogen-bond acceptors (Lipinski definition) is 3. The molecule has 110 valence electrons. The third kappa shape index (κ3) is 3.02. The van der Waals surface area contributed by atoms with Gasteiger partial charge in [-0.15, -0.1) is 0 Å². The van der Waals surface area contributed by atoms with Gasteiger partial charge < -0.3 is 9.64 Å². The summed E-state index contributed by atoms with van der Waals surface area (Å²) < 4.78 is 5.47. The van der Waals surface area contributed by atoms with Gasteiger partial charge in [-0.25, -0.2) is 0 Å². The third-order valence-corrected chi connectivity index (χ3v) is 3.77. The number of nitrogens with one attached hydrogen (secondary N) is 1. The van der Waals surface area contributed by atoms with Crippen LogP contribution in [0.25, 0.3) is 0 Å². The van der Waals surface area contributed by atoms with Crippen molar-refractivity contribution in [3.8, 4) is 0 Å². The van der Waals surface area contributed by atoms with Gasteiger partial charge in [0, 0.05) is 6.61 Å². The van der Waals surface area contributed by atoms with Gasteiger partial charge in [0.2, 0.25) is 5.91 Å². The molecular weight excluding hydrogens is 252 g/mol. The molecule has 2 atom stereocenters.